The maximum absolute atomic E-state index is 13.9. The fourth-order valence-electron chi connectivity index (χ4n) is 4.46. The minimum Gasteiger partial charge on any atom is -0.369 e. The lowest BCUT2D eigenvalue weighted by Crippen LogP contribution is -2.47. The Balaban J connectivity index is 0.00000342. The first-order valence-corrected chi connectivity index (χ1v) is 12.5. The highest BCUT2D eigenvalue weighted by atomic mass is 35.5. The summed E-state index contributed by atoms with van der Waals surface area (Å²) in [5.74, 6) is -2.83. The number of para-hydroxylation sites is 2. The molecule has 0 saturated heterocycles. The SMILES string of the molecule is CNS(=O)(=O)N1C[C@H](C(C)C(N)=O)C(=O)N(Cc2c(C)ccc3ccccc23)c2ccccc21.Cl. The predicted octanol–water partition coefficient (Wildman–Crippen LogP) is 3.13. The third-order valence-electron chi connectivity index (χ3n) is 6.58. The normalized spacial score (nSPS) is 16.9. The Labute approximate surface area is 211 Å². The van der Waals surface area contributed by atoms with Gasteiger partial charge in [0.15, 0.2) is 0 Å². The molecule has 1 aliphatic heterocycles. The van der Waals surface area contributed by atoms with Gasteiger partial charge in [-0.05, 0) is 41.0 Å². The van der Waals surface area contributed by atoms with Crippen molar-refractivity contribution >= 4 is 56.6 Å². The highest BCUT2D eigenvalue weighted by molar-refractivity contribution is 7.90. The molecule has 0 aromatic heterocycles. The first kappa shape index (κ1) is 26.5. The van der Waals surface area contributed by atoms with Crippen LogP contribution in [0.5, 0.6) is 0 Å². The molecule has 0 spiro atoms. The third kappa shape index (κ3) is 4.84. The van der Waals surface area contributed by atoms with E-state index < -0.39 is 28.0 Å². The number of nitrogens with zero attached hydrogens (tertiary/aromatic N) is 2. The first-order valence-electron chi connectivity index (χ1n) is 11.0. The number of aryl methyl sites for hydroxylation is 1. The topological polar surface area (TPSA) is 113 Å². The fourth-order valence-corrected chi connectivity index (χ4v) is 5.45. The first-order chi connectivity index (χ1) is 16.2. The number of hydrogen-bond acceptors (Lipinski definition) is 4. The molecule has 4 rings (SSSR count). The standard InChI is InChI=1S/C25H28N4O4S.ClH/c1-16-12-13-18-8-4-5-9-19(18)20(16)14-28-22-10-6-7-11-23(22)29(34(32,33)27-3)15-21(25(28)31)17(2)24(26)30;/h4-13,17,21,27H,14-15H2,1-3H3,(H2,26,30);1H/t17?,21-;/m1./s1. The summed E-state index contributed by atoms with van der Waals surface area (Å²) < 4.78 is 29.4. The predicted molar refractivity (Wildman–Crippen MR) is 141 cm³/mol. The molecule has 0 fully saturated rings. The van der Waals surface area contributed by atoms with E-state index in [-0.39, 0.29) is 31.4 Å². The number of primary amides is 1. The van der Waals surface area contributed by atoms with Crippen LogP contribution >= 0.6 is 12.4 Å². The molecule has 8 nitrogen and oxygen atoms in total. The molecular weight excluding hydrogens is 488 g/mol. The highest BCUT2D eigenvalue weighted by Gasteiger charge is 2.41. The largest absolute Gasteiger partial charge is 0.369 e. The number of anilines is 2. The summed E-state index contributed by atoms with van der Waals surface area (Å²) in [4.78, 5) is 27.6. The minimum atomic E-state index is -3.96. The van der Waals surface area contributed by atoms with E-state index in [0.717, 1.165) is 26.2 Å². The van der Waals surface area contributed by atoms with Gasteiger partial charge in [0, 0.05) is 19.5 Å². The van der Waals surface area contributed by atoms with E-state index in [1.165, 1.54) is 7.05 Å². The molecule has 0 saturated carbocycles. The smallest absolute Gasteiger partial charge is 0.301 e. The summed E-state index contributed by atoms with van der Waals surface area (Å²) in [6, 6.07) is 18.8. The van der Waals surface area contributed by atoms with Gasteiger partial charge in [0.25, 0.3) is 0 Å². The van der Waals surface area contributed by atoms with Gasteiger partial charge >= 0.3 is 10.2 Å². The van der Waals surface area contributed by atoms with Crippen molar-refractivity contribution in [1.82, 2.24) is 4.72 Å². The molecule has 0 bridgehead atoms. The molecule has 186 valence electrons. The van der Waals surface area contributed by atoms with E-state index in [0.29, 0.717) is 11.4 Å². The molecular formula is C25H29ClN4O4S. The van der Waals surface area contributed by atoms with E-state index in [9.17, 15) is 18.0 Å². The summed E-state index contributed by atoms with van der Waals surface area (Å²) in [5, 5.41) is 2.05. The van der Waals surface area contributed by atoms with Crippen molar-refractivity contribution in [3.05, 3.63) is 71.8 Å². The number of carbonyl (C=O) groups is 2. The van der Waals surface area contributed by atoms with Crippen molar-refractivity contribution in [2.45, 2.75) is 20.4 Å². The number of nitrogens with one attached hydrogen (secondary N) is 1. The van der Waals surface area contributed by atoms with Crippen LogP contribution in [0.15, 0.2) is 60.7 Å². The molecule has 1 unspecified atom stereocenters. The van der Waals surface area contributed by atoms with E-state index in [2.05, 4.69) is 4.72 Å². The Morgan fingerprint density at radius 1 is 1.09 bits per heavy atom. The molecule has 35 heavy (non-hydrogen) atoms. The Morgan fingerprint density at radius 2 is 1.71 bits per heavy atom. The van der Waals surface area contributed by atoms with Crippen LogP contribution in [0.25, 0.3) is 10.8 Å². The summed E-state index contributed by atoms with van der Waals surface area (Å²) in [7, 11) is -2.65. The Bertz CT molecular complexity index is 1380. The second-order valence-corrected chi connectivity index (χ2v) is 10.3. The van der Waals surface area contributed by atoms with E-state index in [1.54, 1.807) is 36.1 Å². The number of benzene rings is 3. The van der Waals surface area contributed by atoms with Gasteiger partial charge in [0.1, 0.15) is 0 Å². The maximum Gasteiger partial charge on any atom is 0.301 e. The van der Waals surface area contributed by atoms with E-state index in [4.69, 9.17) is 5.73 Å². The van der Waals surface area contributed by atoms with Crippen LogP contribution in [-0.2, 0) is 26.3 Å². The van der Waals surface area contributed by atoms with Crippen LogP contribution in [0.1, 0.15) is 18.1 Å². The summed E-state index contributed by atoms with van der Waals surface area (Å²) >= 11 is 0. The summed E-state index contributed by atoms with van der Waals surface area (Å²) in [6.45, 7) is 3.57. The van der Waals surface area contributed by atoms with E-state index >= 15 is 0 Å². The van der Waals surface area contributed by atoms with Gasteiger partial charge in [-0.3, -0.25) is 13.9 Å². The number of rotatable bonds is 6. The van der Waals surface area contributed by atoms with E-state index in [1.807, 2.05) is 43.3 Å². The summed E-state index contributed by atoms with van der Waals surface area (Å²) in [6.07, 6.45) is 0. The lowest BCUT2D eigenvalue weighted by atomic mass is 9.91. The Hall–Kier alpha value is -3.14. The maximum atomic E-state index is 13.9. The number of hydrogen-bond donors (Lipinski definition) is 2. The van der Waals surface area contributed by atoms with Crippen molar-refractivity contribution in [2.24, 2.45) is 17.6 Å². The van der Waals surface area contributed by atoms with Gasteiger partial charge in [-0.2, -0.15) is 8.42 Å². The van der Waals surface area contributed by atoms with Gasteiger partial charge in [-0.15, -0.1) is 12.4 Å². The zero-order valence-corrected chi connectivity index (χ0v) is 21.4. The van der Waals surface area contributed by atoms with Crippen LogP contribution in [0, 0.1) is 18.8 Å². The van der Waals surface area contributed by atoms with Crippen LogP contribution < -0.4 is 19.7 Å². The van der Waals surface area contributed by atoms with Crippen LogP contribution in [-0.4, -0.2) is 33.8 Å². The highest BCUT2D eigenvalue weighted by Crippen LogP contribution is 2.39. The van der Waals surface area contributed by atoms with Crippen LogP contribution in [0.3, 0.4) is 0 Å². The van der Waals surface area contributed by atoms with Gasteiger partial charge in [0.05, 0.1) is 23.8 Å². The van der Waals surface area contributed by atoms with Crippen LogP contribution in [0.4, 0.5) is 11.4 Å². The zero-order valence-electron chi connectivity index (χ0n) is 19.8. The lowest BCUT2D eigenvalue weighted by Gasteiger charge is -2.28. The Kier molecular flexibility index (Phi) is 7.74. The van der Waals surface area contributed by atoms with Crippen molar-refractivity contribution in [3.8, 4) is 0 Å². The lowest BCUT2D eigenvalue weighted by molar-refractivity contribution is -0.130. The van der Waals surface area contributed by atoms with Gasteiger partial charge in [-0.25, -0.2) is 4.72 Å². The Morgan fingerprint density at radius 3 is 2.37 bits per heavy atom. The number of amides is 2. The molecule has 2 atom stereocenters. The molecule has 10 heteroatoms. The van der Waals surface area contributed by atoms with Gasteiger partial charge in [0.2, 0.25) is 11.8 Å². The number of carbonyl (C=O) groups excluding carboxylic acids is 2. The average Bonchev–Trinajstić information content (AvgIpc) is 2.95. The van der Waals surface area contributed by atoms with Crippen molar-refractivity contribution in [3.63, 3.8) is 0 Å². The monoisotopic (exact) mass is 516 g/mol. The molecule has 3 aromatic rings. The van der Waals surface area contributed by atoms with Crippen LogP contribution in [0.2, 0.25) is 0 Å². The third-order valence-corrected chi connectivity index (χ3v) is 8.02. The molecule has 1 heterocycles. The second kappa shape index (κ2) is 10.2. The van der Waals surface area contributed by atoms with Gasteiger partial charge < -0.3 is 10.6 Å². The molecule has 2 amide bonds. The minimum absolute atomic E-state index is 0. The quantitative estimate of drug-likeness (QED) is 0.524. The second-order valence-electron chi connectivity index (χ2n) is 8.53. The molecule has 0 aliphatic carbocycles. The average molecular weight is 517 g/mol. The number of nitrogens with two attached hydrogens (primary N) is 1. The van der Waals surface area contributed by atoms with Gasteiger partial charge in [-0.1, -0.05) is 55.5 Å². The molecule has 1 aliphatic rings. The van der Waals surface area contributed by atoms with Crippen molar-refractivity contribution in [1.29, 1.82) is 0 Å². The molecule has 3 aromatic carbocycles. The zero-order chi connectivity index (χ0) is 24.6. The number of halogens is 1. The molecule has 3 N–H and O–H groups in total. The fraction of sp³-hybridized carbons (Fsp3) is 0.280. The number of fused-ring (bicyclic) bond motifs is 2. The molecule has 0 radical (unpaired) electrons. The summed E-state index contributed by atoms with van der Waals surface area (Å²) in [5.41, 5.74) is 8.36. The van der Waals surface area contributed by atoms with Crippen molar-refractivity contribution in [2.75, 3.05) is 22.8 Å². The van der Waals surface area contributed by atoms with Crippen molar-refractivity contribution < 1.29 is 18.0 Å².